The number of aromatic nitrogens is 8. The Morgan fingerprint density at radius 2 is 1.75 bits per heavy atom. The van der Waals surface area contributed by atoms with Gasteiger partial charge in [0, 0.05) is 18.0 Å². The Kier molecular flexibility index (Phi) is 3.54. The molecule has 118 valence electrons. The maximum atomic E-state index is 4.22. The first kappa shape index (κ1) is 14.2. The van der Waals surface area contributed by atoms with E-state index < -0.39 is 0 Å². The van der Waals surface area contributed by atoms with Crippen LogP contribution in [-0.4, -0.2) is 39.7 Å². The summed E-state index contributed by atoms with van der Waals surface area (Å²) in [7, 11) is 0. The lowest BCUT2D eigenvalue weighted by molar-refractivity contribution is 0.543. The van der Waals surface area contributed by atoms with Crippen molar-refractivity contribution >= 4 is 0 Å². The SMILES string of the molecule is CC(c1ccc(-n2cncn2)cc1)n1cc(-c2cncnc2)nn1. The molecule has 0 bridgehead atoms. The maximum Gasteiger partial charge on any atom is 0.138 e. The van der Waals surface area contributed by atoms with E-state index in [1.807, 2.05) is 23.0 Å². The summed E-state index contributed by atoms with van der Waals surface area (Å²) in [5.74, 6) is 0. The molecule has 4 aromatic rings. The quantitative estimate of drug-likeness (QED) is 0.571. The predicted molar refractivity (Wildman–Crippen MR) is 86.2 cm³/mol. The summed E-state index contributed by atoms with van der Waals surface area (Å²) in [5.41, 5.74) is 3.68. The summed E-state index contributed by atoms with van der Waals surface area (Å²) in [6.45, 7) is 2.07. The van der Waals surface area contributed by atoms with Crippen LogP contribution >= 0.6 is 0 Å². The van der Waals surface area contributed by atoms with E-state index in [4.69, 9.17) is 0 Å². The van der Waals surface area contributed by atoms with Crippen molar-refractivity contribution in [3.8, 4) is 16.9 Å². The Bertz CT molecular complexity index is 912. The summed E-state index contributed by atoms with van der Waals surface area (Å²) in [4.78, 5) is 12.0. The van der Waals surface area contributed by atoms with Crippen molar-refractivity contribution in [3.63, 3.8) is 0 Å². The molecule has 0 radical (unpaired) electrons. The highest BCUT2D eigenvalue weighted by atomic mass is 15.4. The third kappa shape index (κ3) is 2.65. The van der Waals surface area contributed by atoms with Gasteiger partial charge in [0.1, 0.15) is 24.7 Å². The topological polar surface area (TPSA) is 87.2 Å². The largest absolute Gasteiger partial charge is 0.245 e. The van der Waals surface area contributed by atoms with Crippen LogP contribution in [0.4, 0.5) is 0 Å². The Labute approximate surface area is 137 Å². The zero-order valence-corrected chi connectivity index (χ0v) is 12.9. The Morgan fingerprint density at radius 3 is 2.46 bits per heavy atom. The minimum Gasteiger partial charge on any atom is -0.245 e. The van der Waals surface area contributed by atoms with Crippen molar-refractivity contribution in [2.45, 2.75) is 13.0 Å². The van der Waals surface area contributed by atoms with Gasteiger partial charge >= 0.3 is 0 Å². The van der Waals surface area contributed by atoms with E-state index in [0.717, 1.165) is 22.5 Å². The van der Waals surface area contributed by atoms with Gasteiger partial charge in [-0.1, -0.05) is 17.3 Å². The van der Waals surface area contributed by atoms with Gasteiger partial charge in [-0.25, -0.2) is 24.3 Å². The number of hydrogen-bond acceptors (Lipinski definition) is 6. The van der Waals surface area contributed by atoms with Crippen LogP contribution in [0, 0.1) is 0 Å². The van der Waals surface area contributed by atoms with Crippen LogP contribution in [0.15, 0.2) is 61.8 Å². The summed E-state index contributed by atoms with van der Waals surface area (Å²) in [6, 6.07) is 8.16. The fourth-order valence-electron chi connectivity index (χ4n) is 2.43. The summed E-state index contributed by atoms with van der Waals surface area (Å²) in [5, 5.41) is 12.5. The van der Waals surface area contributed by atoms with Gasteiger partial charge < -0.3 is 0 Å². The minimum atomic E-state index is 0.0562. The fourth-order valence-corrected chi connectivity index (χ4v) is 2.43. The van der Waals surface area contributed by atoms with Crippen LogP contribution < -0.4 is 0 Å². The molecular weight excluding hydrogens is 304 g/mol. The molecule has 8 heteroatoms. The lowest BCUT2D eigenvalue weighted by atomic mass is 10.1. The maximum absolute atomic E-state index is 4.22. The monoisotopic (exact) mass is 318 g/mol. The third-order valence-corrected chi connectivity index (χ3v) is 3.82. The van der Waals surface area contributed by atoms with Crippen molar-refractivity contribution in [2.75, 3.05) is 0 Å². The van der Waals surface area contributed by atoms with E-state index in [1.54, 1.807) is 23.4 Å². The molecule has 1 aromatic carbocycles. The van der Waals surface area contributed by atoms with Gasteiger partial charge in [0.2, 0.25) is 0 Å². The van der Waals surface area contributed by atoms with Gasteiger partial charge in [-0.15, -0.1) is 5.10 Å². The van der Waals surface area contributed by atoms with E-state index in [0.29, 0.717) is 0 Å². The first-order valence-corrected chi connectivity index (χ1v) is 7.43. The average molecular weight is 318 g/mol. The van der Waals surface area contributed by atoms with Crippen molar-refractivity contribution in [1.29, 1.82) is 0 Å². The molecule has 0 aliphatic heterocycles. The standard InChI is InChI=1S/C16H14N8/c1-12(13-2-4-15(5-3-13)24-11-19-10-20-24)23-8-16(21-22-23)14-6-17-9-18-7-14/h2-12H,1H3. The summed E-state index contributed by atoms with van der Waals surface area (Å²) < 4.78 is 3.55. The van der Waals surface area contributed by atoms with E-state index in [9.17, 15) is 0 Å². The Hall–Kier alpha value is -3.42. The highest BCUT2D eigenvalue weighted by Gasteiger charge is 2.12. The van der Waals surface area contributed by atoms with Crippen molar-refractivity contribution in [3.05, 3.63) is 67.4 Å². The van der Waals surface area contributed by atoms with E-state index in [1.165, 1.54) is 12.7 Å². The molecule has 0 aliphatic rings. The number of hydrogen-bond donors (Lipinski definition) is 0. The summed E-state index contributed by atoms with van der Waals surface area (Å²) >= 11 is 0. The molecule has 0 saturated carbocycles. The Balaban J connectivity index is 1.58. The molecule has 0 saturated heterocycles. The first-order chi connectivity index (χ1) is 11.8. The lowest BCUT2D eigenvalue weighted by Gasteiger charge is -2.12. The van der Waals surface area contributed by atoms with Crippen molar-refractivity contribution in [1.82, 2.24) is 39.7 Å². The lowest BCUT2D eigenvalue weighted by Crippen LogP contribution is -2.07. The van der Waals surface area contributed by atoms with Gasteiger partial charge in [0.05, 0.1) is 17.9 Å². The van der Waals surface area contributed by atoms with Crippen LogP contribution in [0.2, 0.25) is 0 Å². The smallest absolute Gasteiger partial charge is 0.138 e. The second-order valence-corrected chi connectivity index (χ2v) is 5.32. The molecule has 1 unspecified atom stereocenters. The van der Waals surface area contributed by atoms with Gasteiger partial charge in [-0.05, 0) is 24.6 Å². The van der Waals surface area contributed by atoms with Gasteiger partial charge in [-0.2, -0.15) is 5.10 Å². The van der Waals surface area contributed by atoms with Gasteiger partial charge in [0.25, 0.3) is 0 Å². The van der Waals surface area contributed by atoms with Crippen LogP contribution in [0.3, 0.4) is 0 Å². The molecular formula is C16H14N8. The third-order valence-electron chi connectivity index (χ3n) is 3.82. The molecule has 24 heavy (non-hydrogen) atoms. The fraction of sp³-hybridized carbons (Fsp3) is 0.125. The zero-order chi connectivity index (χ0) is 16.4. The second-order valence-electron chi connectivity index (χ2n) is 5.32. The number of rotatable bonds is 4. The molecule has 8 nitrogen and oxygen atoms in total. The normalized spacial score (nSPS) is 12.2. The average Bonchev–Trinajstić information content (AvgIpc) is 3.34. The molecule has 0 spiro atoms. The molecule has 4 rings (SSSR count). The van der Waals surface area contributed by atoms with Gasteiger partial charge in [0.15, 0.2) is 0 Å². The minimum absolute atomic E-state index is 0.0562. The van der Waals surface area contributed by atoms with Crippen molar-refractivity contribution in [2.24, 2.45) is 0 Å². The first-order valence-electron chi connectivity index (χ1n) is 7.43. The molecule has 1 atom stereocenters. The van der Waals surface area contributed by atoms with Crippen LogP contribution in [0.25, 0.3) is 16.9 Å². The molecule has 3 aromatic heterocycles. The molecule has 0 amide bonds. The number of nitrogens with zero attached hydrogens (tertiary/aromatic N) is 8. The van der Waals surface area contributed by atoms with Gasteiger partial charge in [-0.3, -0.25) is 0 Å². The number of benzene rings is 1. The second kappa shape index (κ2) is 5.99. The Morgan fingerprint density at radius 1 is 0.958 bits per heavy atom. The molecule has 3 heterocycles. The summed E-state index contributed by atoms with van der Waals surface area (Å²) in [6.07, 6.45) is 10.0. The highest BCUT2D eigenvalue weighted by molar-refractivity contribution is 5.54. The molecule has 0 fully saturated rings. The van der Waals surface area contributed by atoms with E-state index in [-0.39, 0.29) is 6.04 Å². The molecule has 0 N–H and O–H groups in total. The zero-order valence-electron chi connectivity index (χ0n) is 12.9. The van der Waals surface area contributed by atoms with Crippen LogP contribution in [0.1, 0.15) is 18.5 Å². The van der Waals surface area contributed by atoms with E-state index >= 15 is 0 Å². The molecule has 0 aliphatic carbocycles. The van der Waals surface area contributed by atoms with Crippen LogP contribution in [0.5, 0.6) is 0 Å². The predicted octanol–water partition coefficient (Wildman–Crippen LogP) is 1.93. The highest BCUT2D eigenvalue weighted by Crippen LogP contribution is 2.21. The van der Waals surface area contributed by atoms with Crippen molar-refractivity contribution < 1.29 is 0 Å². The van der Waals surface area contributed by atoms with E-state index in [2.05, 4.69) is 49.4 Å². The van der Waals surface area contributed by atoms with Crippen LogP contribution in [-0.2, 0) is 0 Å².